The highest BCUT2D eigenvalue weighted by Crippen LogP contribution is 2.34. The van der Waals surface area contributed by atoms with Gasteiger partial charge in [0, 0.05) is 25.6 Å². The van der Waals surface area contributed by atoms with Gasteiger partial charge in [-0.3, -0.25) is 9.69 Å². The first kappa shape index (κ1) is 9.20. The maximum Gasteiger partial charge on any atom is 0.131 e. The van der Waals surface area contributed by atoms with Crippen molar-refractivity contribution in [2.75, 3.05) is 13.1 Å². The Morgan fingerprint density at radius 3 is 2.46 bits per heavy atom. The third-order valence-corrected chi connectivity index (χ3v) is 3.00. The highest BCUT2D eigenvalue weighted by Gasteiger charge is 2.33. The van der Waals surface area contributed by atoms with E-state index < -0.39 is 0 Å². The van der Waals surface area contributed by atoms with Crippen molar-refractivity contribution in [3.8, 4) is 0 Å². The summed E-state index contributed by atoms with van der Waals surface area (Å²) in [6.45, 7) is 3.97. The number of hydrogen-bond donors (Lipinski definition) is 0. The summed E-state index contributed by atoms with van der Waals surface area (Å²) < 4.78 is 0. The summed E-state index contributed by atoms with van der Waals surface area (Å²) in [5, 5.41) is 0. The van der Waals surface area contributed by atoms with Gasteiger partial charge in [-0.25, -0.2) is 0 Å². The number of carbonyl (C=O) groups excluding carboxylic acids is 1. The molecule has 2 fully saturated rings. The highest BCUT2D eigenvalue weighted by atomic mass is 16.1. The lowest BCUT2D eigenvalue weighted by atomic mass is 10.2. The average molecular weight is 181 g/mol. The quantitative estimate of drug-likeness (QED) is 0.623. The molecule has 0 aliphatic heterocycles. The molecule has 0 spiro atoms. The van der Waals surface area contributed by atoms with Gasteiger partial charge < -0.3 is 0 Å². The van der Waals surface area contributed by atoms with E-state index in [4.69, 9.17) is 0 Å². The van der Waals surface area contributed by atoms with Crippen LogP contribution in [0.3, 0.4) is 0 Å². The van der Waals surface area contributed by atoms with Gasteiger partial charge in [-0.2, -0.15) is 0 Å². The Hall–Kier alpha value is -0.370. The van der Waals surface area contributed by atoms with E-state index in [0.717, 1.165) is 24.9 Å². The SMILES string of the molecule is CC(=O)CCN(CC1CC1)C1CC1. The van der Waals surface area contributed by atoms with Crippen molar-refractivity contribution >= 4 is 5.78 Å². The molecule has 0 amide bonds. The molecule has 74 valence electrons. The predicted molar refractivity (Wildman–Crippen MR) is 52.6 cm³/mol. The van der Waals surface area contributed by atoms with Crippen LogP contribution in [0.2, 0.25) is 0 Å². The molecule has 2 rings (SSSR count). The van der Waals surface area contributed by atoms with Gasteiger partial charge in [-0.1, -0.05) is 0 Å². The summed E-state index contributed by atoms with van der Waals surface area (Å²) in [5.74, 6) is 1.30. The molecule has 2 nitrogen and oxygen atoms in total. The van der Waals surface area contributed by atoms with Crippen molar-refractivity contribution in [1.29, 1.82) is 0 Å². The minimum absolute atomic E-state index is 0.335. The zero-order valence-electron chi connectivity index (χ0n) is 8.46. The standard InChI is InChI=1S/C11H19NO/c1-9(13)6-7-12(11-4-5-11)8-10-2-3-10/h10-11H,2-8H2,1H3. The fraction of sp³-hybridized carbons (Fsp3) is 0.909. The second-order valence-corrected chi connectivity index (χ2v) is 4.62. The van der Waals surface area contributed by atoms with Gasteiger partial charge in [0.2, 0.25) is 0 Å². The smallest absolute Gasteiger partial charge is 0.131 e. The Morgan fingerprint density at radius 1 is 1.31 bits per heavy atom. The number of Topliss-reactive ketones (excluding diaryl/α,β-unsaturated/α-hetero) is 1. The minimum Gasteiger partial charge on any atom is -0.300 e. The van der Waals surface area contributed by atoms with Crippen molar-refractivity contribution in [3.63, 3.8) is 0 Å². The summed E-state index contributed by atoms with van der Waals surface area (Å²) in [7, 11) is 0. The Balaban J connectivity index is 1.71. The second kappa shape index (κ2) is 3.79. The molecule has 0 atom stereocenters. The number of nitrogens with zero attached hydrogens (tertiary/aromatic N) is 1. The van der Waals surface area contributed by atoms with Crippen molar-refractivity contribution in [1.82, 2.24) is 4.90 Å². The summed E-state index contributed by atoms with van der Waals surface area (Å²) >= 11 is 0. The Labute approximate surface area is 80.3 Å². The van der Waals surface area contributed by atoms with Crippen LogP contribution < -0.4 is 0 Å². The third-order valence-electron chi connectivity index (χ3n) is 3.00. The van der Waals surface area contributed by atoms with E-state index in [1.54, 1.807) is 6.92 Å². The first-order chi connectivity index (χ1) is 6.25. The monoisotopic (exact) mass is 181 g/mol. The molecular weight excluding hydrogens is 162 g/mol. The molecule has 2 aliphatic carbocycles. The fourth-order valence-corrected chi connectivity index (χ4v) is 1.80. The van der Waals surface area contributed by atoms with Crippen LogP contribution >= 0.6 is 0 Å². The lowest BCUT2D eigenvalue weighted by Gasteiger charge is -2.20. The number of ketones is 1. The van der Waals surface area contributed by atoms with Gasteiger partial charge in [-0.15, -0.1) is 0 Å². The van der Waals surface area contributed by atoms with Crippen LogP contribution in [0.5, 0.6) is 0 Å². The van der Waals surface area contributed by atoms with Crippen molar-refractivity contribution in [2.24, 2.45) is 5.92 Å². The van der Waals surface area contributed by atoms with E-state index in [9.17, 15) is 4.79 Å². The van der Waals surface area contributed by atoms with E-state index in [-0.39, 0.29) is 0 Å². The summed E-state index contributed by atoms with van der Waals surface area (Å²) in [4.78, 5) is 13.4. The van der Waals surface area contributed by atoms with Crippen LogP contribution in [0, 0.1) is 5.92 Å². The van der Waals surface area contributed by atoms with Gasteiger partial charge in [0.15, 0.2) is 0 Å². The molecule has 2 saturated carbocycles. The molecule has 2 heteroatoms. The molecular formula is C11H19NO. The van der Waals surface area contributed by atoms with E-state index in [0.29, 0.717) is 5.78 Å². The second-order valence-electron chi connectivity index (χ2n) is 4.62. The molecule has 0 aromatic rings. The molecule has 0 heterocycles. The van der Waals surface area contributed by atoms with E-state index in [2.05, 4.69) is 4.90 Å². The highest BCUT2D eigenvalue weighted by molar-refractivity contribution is 5.75. The molecule has 0 aromatic heterocycles. The molecule has 0 unspecified atom stereocenters. The van der Waals surface area contributed by atoms with Crippen LogP contribution in [0.1, 0.15) is 39.0 Å². The minimum atomic E-state index is 0.335. The number of carbonyl (C=O) groups is 1. The van der Waals surface area contributed by atoms with Crippen molar-refractivity contribution in [3.05, 3.63) is 0 Å². The zero-order valence-corrected chi connectivity index (χ0v) is 8.46. The summed E-state index contributed by atoms with van der Waals surface area (Å²) in [6.07, 6.45) is 6.32. The largest absolute Gasteiger partial charge is 0.300 e. The van der Waals surface area contributed by atoms with Gasteiger partial charge in [0.25, 0.3) is 0 Å². The summed E-state index contributed by atoms with van der Waals surface area (Å²) in [5.41, 5.74) is 0. The van der Waals surface area contributed by atoms with Crippen LogP contribution in [0.4, 0.5) is 0 Å². The van der Waals surface area contributed by atoms with Gasteiger partial charge in [-0.05, 0) is 38.5 Å². The average Bonchev–Trinajstić information content (AvgIpc) is 2.88. The Kier molecular flexibility index (Phi) is 2.68. The number of rotatable bonds is 6. The van der Waals surface area contributed by atoms with Gasteiger partial charge in [0.1, 0.15) is 5.78 Å². The molecule has 13 heavy (non-hydrogen) atoms. The van der Waals surface area contributed by atoms with Crippen LogP contribution in [0.15, 0.2) is 0 Å². The van der Waals surface area contributed by atoms with Crippen molar-refractivity contribution in [2.45, 2.75) is 45.1 Å². The van der Waals surface area contributed by atoms with E-state index in [1.165, 1.54) is 32.2 Å². The third kappa shape index (κ3) is 3.11. The Bertz CT molecular complexity index is 194. The van der Waals surface area contributed by atoms with E-state index in [1.807, 2.05) is 0 Å². The molecule has 0 radical (unpaired) electrons. The fourth-order valence-electron chi connectivity index (χ4n) is 1.80. The van der Waals surface area contributed by atoms with Crippen molar-refractivity contribution < 1.29 is 4.79 Å². The molecule has 0 saturated heterocycles. The number of hydrogen-bond acceptors (Lipinski definition) is 2. The molecule has 0 bridgehead atoms. The lowest BCUT2D eigenvalue weighted by Crippen LogP contribution is -2.30. The van der Waals surface area contributed by atoms with Crippen LogP contribution in [0.25, 0.3) is 0 Å². The maximum atomic E-state index is 10.9. The lowest BCUT2D eigenvalue weighted by molar-refractivity contribution is -0.117. The predicted octanol–water partition coefficient (Wildman–Crippen LogP) is 1.84. The molecule has 0 N–H and O–H groups in total. The first-order valence-electron chi connectivity index (χ1n) is 5.49. The normalized spacial score (nSPS) is 22.3. The van der Waals surface area contributed by atoms with Gasteiger partial charge >= 0.3 is 0 Å². The first-order valence-corrected chi connectivity index (χ1v) is 5.49. The molecule has 2 aliphatic rings. The Morgan fingerprint density at radius 2 is 2.00 bits per heavy atom. The van der Waals surface area contributed by atoms with Crippen LogP contribution in [-0.2, 0) is 4.79 Å². The topological polar surface area (TPSA) is 20.3 Å². The summed E-state index contributed by atoms with van der Waals surface area (Å²) in [6, 6.07) is 0.833. The van der Waals surface area contributed by atoms with Crippen LogP contribution in [-0.4, -0.2) is 29.8 Å². The molecule has 0 aromatic carbocycles. The van der Waals surface area contributed by atoms with Gasteiger partial charge in [0.05, 0.1) is 0 Å². The maximum absolute atomic E-state index is 10.9. The zero-order chi connectivity index (χ0) is 9.26. The van der Waals surface area contributed by atoms with E-state index >= 15 is 0 Å².